The fourth-order valence-electron chi connectivity index (χ4n) is 4.95. The van der Waals surface area contributed by atoms with Crippen LogP contribution in [0.3, 0.4) is 0 Å². The second-order valence-electron chi connectivity index (χ2n) is 8.16. The van der Waals surface area contributed by atoms with Crippen LogP contribution in [0, 0.1) is 11.3 Å². The van der Waals surface area contributed by atoms with Gasteiger partial charge in [0.1, 0.15) is 6.54 Å². The molecule has 2 amide bonds. The van der Waals surface area contributed by atoms with Gasteiger partial charge in [0.25, 0.3) is 0 Å². The normalized spacial score (nSPS) is 27.6. The van der Waals surface area contributed by atoms with Crippen LogP contribution >= 0.6 is 12.4 Å². The Hall–Kier alpha value is -1.60. The van der Waals surface area contributed by atoms with Crippen LogP contribution in [0.2, 0.25) is 0 Å². The van der Waals surface area contributed by atoms with Crippen LogP contribution in [-0.4, -0.2) is 40.7 Å². The van der Waals surface area contributed by atoms with E-state index >= 15 is 0 Å². The first-order chi connectivity index (χ1) is 12.7. The highest BCUT2D eigenvalue weighted by atomic mass is 35.5. The number of fused-ring (bicyclic) bond motifs is 1. The number of carbonyl (C=O) groups excluding carboxylic acids is 2. The quantitative estimate of drug-likeness (QED) is 0.712. The lowest BCUT2D eigenvalue weighted by molar-refractivity contribution is -0.128. The Balaban J connectivity index is 0.00000210. The average molecular weight is 396 g/mol. The van der Waals surface area contributed by atoms with Crippen molar-refractivity contribution >= 4 is 29.9 Å². The molecule has 2 heterocycles. The van der Waals surface area contributed by atoms with Gasteiger partial charge in [-0.05, 0) is 38.1 Å². The minimum atomic E-state index is -0.278. The van der Waals surface area contributed by atoms with Gasteiger partial charge in [-0.2, -0.15) is 5.10 Å². The molecule has 2 aliphatic carbocycles. The number of anilines is 1. The van der Waals surface area contributed by atoms with E-state index in [0.717, 1.165) is 45.2 Å². The van der Waals surface area contributed by atoms with Crippen LogP contribution in [0.15, 0.2) is 12.4 Å². The molecule has 4 rings (SSSR count). The predicted octanol–water partition coefficient (Wildman–Crippen LogP) is 2.08. The summed E-state index contributed by atoms with van der Waals surface area (Å²) in [5, 5.41) is 13.7. The molecule has 0 aromatic carbocycles. The predicted molar refractivity (Wildman–Crippen MR) is 106 cm³/mol. The van der Waals surface area contributed by atoms with Crippen molar-refractivity contribution in [3.8, 4) is 0 Å². The van der Waals surface area contributed by atoms with Crippen molar-refractivity contribution in [2.45, 2.75) is 64.0 Å². The lowest BCUT2D eigenvalue weighted by Gasteiger charge is -2.36. The van der Waals surface area contributed by atoms with Crippen molar-refractivity contribution in [2.75, 3.05) is 18.4 Å². The highest BCUT2D eigenvalue weighted by Crippen LogP contribution is 2.44. The zero-order chi connectivity index (χ0) is 18.0. The number of carbonyl (C=O) groups is 2. The third-order valence-electron chi connectivity index (χ3n) is 6.41. The Morgan fingerprint density at radius 1 is 1.22 bits per heavy atom. The molecule has 27 heavy (non-hydrogen) atoms. The summed E-state index contributed by atoms with van der Waals surface area (Å²) in [6, 6.07) is 0.314. The SMILES string of the molecule is Cl.O=C(Cn1cc(NC(=O)[C@@]23CCCC[C@H]2CNC3)cn1)NC1CCCC1. The summed E-state index contributed by atoms with van der Waals surface area (Å²) in [7, 11) is 0. The van der Waals surface area contributed by atoms with E-state index in [4.69, 9.17) is 0 Å². The van der Waals surface area contributed by atoms with Gasteiger partial charge in [0.05, 0.1) is 17.3 Å². The van der Waals surface area contributed by atoms with E-state index in [1.165, 1.54) is 19.3 Å². The minimum absolute atomic E-state index is 0. The third kappa shape index (κ3) is 4.29. The first-order valence-electron chi connectivity index (χ1n) is 10.00. The van der Waals surface area contributed by atoms with Crippen molar-refractivity contribution in [2.24, 2.45) is 11.3 Å². The number of aromatic nitrogens is 2. The molecular formula is C19H30ClN5O2. The molecule has 1 saturated heterocycles. The van der Waals surface area contributed by atoms with Gasteiger partial charge in [-0.15, -0.1) is 12.4 Å². The van der Waals surface area contributed by atoms with Crippen LogP contribution in [0.25, 0.3) is 0 Å². The van der Waals surface area contributed by atoms with E-state index in [9.17, 15) is 9.59 Å². The van der Waals surface area contributed by atoms with E-state index in [2.05, 4.69) is 21.0 Å². The number of rotatable bonds is 5. The standard InChI is InChI=1S/C19H29N5O2.ClH/c25-17(22-15-6-1-2-7-15)12-24-11-16(10-21-24)23-18(26)19-8-4-3-5-14(19)9-20-13-19;/h10-11,14-15,20H,1-9,12-13H2,(H,22,25)(H,23,26);1H/t14-,19+;/m0./s1. The van der Waals surface area contributed by atoms with Gasteiger partial charge in [0.2, 0.25) is 11.8 Å². The molecule has 0 bridgehead atoms. The first kappa shape index (κ1) is 20.1. The Morgan fingerprint density at radius 2 is 2.00 bits per heavy atom. The molecule has 3 N–H and O–H groups in total. The molecular weight excluding hydrogens is 366 g/mol. The van der Waals surface area contributed by atoms with Crippen molar-refractivity contribution in [1.29, 1.82) is 0 Å². The van der Waals surface area contributed by atoms with Gasteiger partial charge in [-0.3, -0.25) is 14.3 Å². The average Bonchev–Trinajstić information content (AvgIpc) is 3.35. The summed E-state index contributed by atoms with van der Waals surface area (Å²) in [5.74, 6) is 0.523. The molecule has 7 nitrogen and oxygen atoms in total. The topological polar surface area (TPSA) is 88.1 Å². The monoisotopic (exact) mass is 395 g/mol. The number of halogens is 1. The summed E-state index contributed by atoms with van der Waals surface area (Å²) >= 11 is 0. The van der Waals surface area contributed by atoms with E-state index in [1.54, 1.807) is 17.1 Å². The van der Waals surface area contributed by atoms with Crippen LogP contribution in [0.4, 0.5) is 5.69 Å². The molecule has 0 spiro atoms. The minimum Gasteiger partial charge on any atom is -0.352 e. The van der Waals surface area contributed by atoms with Crippen LogP contribution < -0.4 is 16.0 Å². The zero-order valence-electron chi connectivity index (χ0n) is 15.7. The van der Waals surface area contributed by atoms with E-state index in [0.29, 0.717) is 17.6 Å². The fourth-order valence-corrected chi connectivity index (χ4v) is 4.95. The molecule has 0 unspecified atom stereocenters. The second kappa shape index (κ2) is 8.61. The molecule has 150 valence electrons. The van der Waals surface area contributed by atoms with Crippen molar-refractivity contribution in [1.82, 2.24) is 20.4 Å². The number of nitrogens with one attached hydrogen (secondary N) is 3. The summed E-state index contributed by atoms with van der Waals surface area (Å²) in [5.41, 5.74) is 0.398. The molecule has 3 aliphatic rings. The third-order valence-corrected chi connectivity index (χ3v) is 6.41. The number of nitrogens with zero attached hydrogens (tertiary/aromatic N) is 2. The van der Waals surface area contributed by atoms with Crippen molar-refractivity contribution in [3.05, 3.63) is 12.4 Å². The second-order valence-corrected chi connectivity index (χ2v) is 8.16. The van der Waals surface area contributed by atoms with Crippen LogP contribution in [0.1, 0.15) is 51.4 Å². The Kier molecular flexibility index (Phi) is 6.42. The van der Waals surface area contributed by atoms with Gasteiger partial charge in [0, 0.05) is 18.8 Å². The van der Waals surface area contributed by atoms with Crippen LogP contribution in [-0.2, 0) is 16.1 Å². The smallest absolute Gasteiger partial charge is 0.241 e. The van der Waals surface area contributed by atoms with Gasteiger partial charge >= 0.3 is 0 Å². The van der Waals surface area contributed by atoms with Crippen LogP contribution in [0.5, 0.6) is 0 Å². The number of hydrogen-bond acceptors (Lipinski definition) is 4. The maximum absolute atomic E-state index is 13.0. The summed E-state index contributed by atoms with van der Waals surface area (Å²) in [6.07, 6.45) is 12.3. The Labute approximate surface area is 166 Å². The molecule has 1 aromatic rings. The maximum Gasteiger partial charge on any atom is 0.241 e. The Morgan fingerprint density at radius 3 is 2.81 bits per heavy atom. The van der Waals surface area contributed by atoms with E-state index in [1.807, 2.05) is 0 Å². The van der Waals surface area contributed by atoms with Gasteiger partial charge in [-0.25, -0.2) is 0 Å². The molecule has 2 saturated carbocycles. The maximum atomic E-state index is 13.0. The molecule has 2 atom stereocenters. The fraction of sp³-hybridized carbons (Fsp3) is 0.737. The van der Waals surface area contributed by atoms with Gasteiger partial charge < -0.3 is 16.0 Å². The summed E-state index contributed by atoms with van der Waals surface area (Å²) in [6.45, 7) is 1.90. The van der Waals surface area contributed by atoms with Crippen molar-refractivity contribution in [3.63, 3.8) is 0 Å². The largest absolute Gasteiger partial charge is 0.352 e. The molecule has 0 radical (unpaired) electrons. The highest BCUT2D eigenvalue weighted by molar-refractivity contribution is 5.96. The Bertz CT molecular complexity index is 673. The molecule has 8 heteroatoms. The first-order valence-corrected chi connectivity index (χ1v) is 10.00. The van der Waals surface area contributed by atoms with Crippen molar-refractivity contribution < 1.29 is 9.59 Å². The lowest BCUT2D eigenvalue weighted by atomic mass is 9.67. The van der Waals surface area contributed by atoms with Gasteiger partial charge in [-0.1, -0.05) is 25.7 Å². The molecule has 1 aliphatic heterocycles. The summed E-state index contributed by atoms with van der Waals surface area (Å²) < 4.78 is 1.60. The summed E-state index contributed by atoms with van der Waals surface area (Å²) in [4.78, 5) is 25.1. The zero-order valence-corrected chi connectivity index (χ0v) is 16.5. The van der Waals surface area contributed by atoms with E-state index in [-0.39, 0.29) is 36.2 Å². The highest BCUT2D eigenvalue weighted by Gasteiger charge is 2.49. The van der Waals surface area contributed by atoms with Gasteiger partial charge in [0.15, 0.2) is 0 Å². The number of hydrogen-bond donors (Lipinski definition) is 3. The van der Waals surface area contributed by atoms with E-state index < -0.39 is 0 Å². The molecule has 3 fully saturated rings. The number of amides is 2. The lowest BCUT2D eigenvalue weighted by Crippen LogP contribution is -2.44. The molecule has 1 aromatic heterocycles.